The van der Waals surface area contributed by atoms with Crippen LogP contribution in [-0.2, 0) is 4.79 Å². The first-order valence-corrected chi connectivity index (χ1v) is 2.40. The smallest absolute Gasteiger partial charge is 0.326 e. The van der Waals surface area contributed by atoms with Crippen LogP contribution < -0.4 is 0 Å². The Morgan fingerprint density at radius 2 is 2.33 bits per heavy atom. The average Bonchev–Trinajstić information content (AvgIpc) is 1.82. The third-order valence-electron chi connectivity index (χ3n) is 0.827. The summed E-state index contributed by atoms with van der Waals surface area (Å²) >= 11 is 0. The number of carboxylic acid groups (broad SMARTS) is 1. The largest absolute Gasteiger partial charge is 0.711 e. The highest BCUT2D eigenvalue weighted by Crippen LogP contribution is 1.95. The molecule has 0 aliphatic carbocycles. The summed E-state index contributed by atoms with van der Waals surface area (Å²) in [6, 6.07) is -1.19. The zero-order valence-corrected chi connectivity index (χ0v) is 4.69. The fourth-order valence-corrected chi connectivity index (χ4v) is 0.353. The van der Waals surface area contributed by atoms with Crippen LogP contribution in [-0.4, -0.2) is 28.8 Å². The maximum atomic E-state index is 9.96. The highest BCUT2D eigenvalue weighted by molar-refractivity contribution is 5.73. The Morgan fingerprint density at radius 3 is 2.44 bits per heavy atom. The fourth-order valence-electron chi connectivity index (χ4n) is 0.353. The number of carbonyl (C=O) groups is 1. The van der Waals surface area contributed by atoms with E-state index >= 15 is 0 Å². The maximum Gasteiger partial charge on any atom is 0.326 e. The summed E-state index contributed by atoms with van der Waals surface area (Å²) in [4.78, 5) is 9.96. The van der Waals surface area contributed by atoms with Crippen molar-refractivity contribution in [3.63, 3.8) is 0 Å². The second kappa shape index (κ2) is 3.96. The average molecular weight is 131 g/mol. The van der Waals surface area contributed by atoms with Gasteiger partial charge in [-0.3, -0.25) is 0 Å². The van der Waals surface area contributed by atoms with Crippen molar-refractivity contribution >= 4 is 5.97 Å². The molecule has 0 aliphatic heterocycles. The molecule has 9 heavy (non-hydrogen) atoms. The van der Waals surface area contributed by atoms with Gasteiger partial charge in [-0.05, 0) is 0 Å². The normalized spacial score (nSPS) is 12.6. The molecule has 0 aromatic rings. The predicted molar refractivity (Wildman–Crippen MR) is 28.9 cm³/mol. The van der Waals surface area contributed by atoms with Crippen LogP contribution in [0.1, 0.15) is 6.42 Å². The van der Waals surface area contributed by atoms with Crippen molar-refractivity contribution < 1.29 is 15.0 Å². The Hall–Kier alpha value is -0.970. The van der Waals surface area contributed by atoms with Gasteiger partial charge in [0.25, 0.3) is 0 Å². The molecule has 5 heteroatoms. The molecule has 0 saturated heterocycles. The van der Waals surface area contributed by atoms with Crippen LogP contribution in [0.2, 0.25) is 0 Å². The molecule has 2 N–H and O–H groups in total. The predicted octanol–water partition coefficient (Wildman–Crippen LogP) is -0.156. The van der Waals surface area contributed by atoms with E-state index < -0.39 is 12.0 Å². The first-order chi connectivity index (χ1) is 4.22. The van der Waals surface area contributed by atoms with Gasteiger partial charge in [-0.25, -0.2) is 4.79 Å². The highest BCUT2D eigenvalue weighted by Gasteiger charge is 2.10. The summed E-state index contributed by atoms with van der Waals surface area (Å²) in [5.41, 5.74) is 7.96. The lowest BCUT2D eigenvalue weighted by Gasteiger charge is -2.06. The summed E-state index contributed by atoms with van der Waals surface area (Å²) in [5.74, 6) is -1.23. The summed E-state index contributed by atoms with van der Waals surface area (Å²) in [7, 11) is 0. The van der Waals surface area contributed by atoms with Gasteiger partial charge in [-0.2, -0.15) is 0 Å². The molecule has 1 atom stereocenters. The van der Waals surface area contributed by atoms with E-state index in [4.69, 9.17) is 15.7 Å². The van der Waals surface area contributed by atoms with Gasteiger partial charge in [0.15, 0.2) is 0 Å². The van der Waals surface area contributed by atoms with Crippen molar-refractivity contribution in [2.45, 2.75) is 12.5 Å². The molecule has 0 rings (SSSR count). The van der Waals surface area contributed by atoms with E-state index in [1.807, 2.05) is 0 Å². The molecule has 0 aliphatic rings. The lowest BCUT2D eigenvalue weighted by molar-refractivity contribution is -0.138. The minimum absolute atomic E-state index is 0.0498. The summed E-state index contributed by atoms with van der Waals surface area (Å²) in [6.45, 7) is -0.291. The summed E-state index contributed by atoms with van der Waals surface area (Å²) in [5, 5.41) is 18.8. The topological polar surface area (TPSA) is 92.2 Å². The Labute approximate surface area is 51.8 Å². The van der Waals surface area contributed by atoms with Crippen LogP contribution in [0.4, 0.5) is 0 Å². The number of carboxylic acids is 1. The monoisotopic (exact) mass is 131 g/mol. The number of aliphatic hydroxyl groups excluding tert-OH is 1. The van der Waals surface area contributed by atoms with E-state index in [0.29, 0.717) is 0 Å². The van der Waals surface area contributed by atoms with E-state index in [1.54, 1.807) is 0 Å². The van der Waals surface area contributed by atoms with E-state index in [9.17, 15) is 4.79 Å². The van der Waals surface area contributed by atoms with Crippen molar-refractivity contribution in [1.29, 1.82) is 0 Å². The van der Waals surface area contributed by atoms with Crippen LogP contribution in [0.15, 0.2) is 5.11 Å². The molecule has 0 aromatic heterocycles. The number of hydrogen-bond acceptors (Lipinski definition) is 3. The molecule has 0 amide bonds. The Bertz CT molecular complexity index is 114. The second-order valence-electron chi connectivity index (χ2n) is 1.48. The summed E-state index contributed by atoms with van der Waals surface area (Å²) < 4.78 is 0. The lowest BCUT2D eigenvalue weighted by Crippen LogP contribution is -2.17. The molecule has 0 radical (unpaired) electrons. The van der Waals surface area contributed by atoms with E-state index in [0.717, 1.165) is 0 Å². The van der Waals surface area contributed by atoms with Crippen molar-refractivity contribution in [1.82, 2.24) is 0 Å². The maximum absolute atomic E-state index is 9.96. The van der Waals surface area contributed by atoms with Crippen molar-refractivity contribution in [3.05, 3.63) is 5.53 Å². The SMILES string of the molecule is [N-]=N[C@@H](CCO)C(=O)O. The highest BCUT2D eigenvalue weighted by atomic mass is 16.4. The van der Waals surface area contributed by atoms with Gasteiger partial charge >= 0.3 is 5.97 Å². The van der Waals surface area contributed by atoms with Gasteiger partial charge in [-0.1, -0.05) is 0 Å². The van der Waals surface area contributed by atoms with Gasteiger partial charge in [0, 0.05) is 13.0 Å². The van der Waals surface area contributed by atoms with Crippen LogP contribution in [0, 0.1) is 0 Å². The van der Waals surface area contributed by atoms with Gasteiger partial charge in [0.1, 0.15) is 6.04 Å². The molecule has 0 spiro atoms. The van der Waals surface area contributed by atoms with Gasteiger partial charge in [-0.15, -0.1) is 0 Å². The molecule has 0 aromatic carbocycles. The third kappa shape index (κ3) is 2.76. The number of nitrogens with zero attached hydrogens (tertiary/aromatic N) is 2. The Morgan fingerprint density at radius 1 is 1.78 bits per heavy atom. The molecule has 0 saturated carbocycles. The third-order valence-corrected chi connectivity index (χ3v) is 0.827. The minimum atomic E-state index is -1.23. The summed E-state index contributed by atoms with van der Waals surface area (Å²) in [6.07, 6.45) is -0.0498. The molecular weight excluding hydrogens is 124 g/mol. The fraction of sp³-hybridized carbons (Fsp3) is 0.750. The molecule has 0 heterocycles. The number of aliphatic hydroxyl groups is 1. The van der Waals surface area contributed by atoms with Crippen LogP contribution in [0.3, 0.4) is 0 Å². The Kier molecular flexibility index (Phi) is 3.54. The molecule has 52 valence electrons. The molecule has 0 fully saturated rings. The standard InChI is InChI=1S/C4H7N2O3/c5-6-3(1-2-7)4(8)9/h3,7H,1-2H2,(H,8,9)/q-1/t3-/m0/s1. The van der Waals surface area contributed by atoms with Gasteiger partial charge in [0.05, 0.1) is 0 Å². The van der Waals surface area contributed by atoms with Crippen molar-refractivity contribution in [2.24, 2.45) is 5.11 Å². The van der Waals surface area contributed by atoms with Crippen molar-refractivity contribution in [2.75, 3.05) is 6.61 Å². The quantitative estimate of drug-likeness (QED) is 0.519. The first kappa shape index (κ1) is 8.03. The first-order valence-electron chi connectivity index (χ1n) is 2.40. The molecular formula is C4H7N2O3-. The van der Waals surface area contributed by atoms with E-state index in [1.165, 1.54) is 0 Å². The van der Waals surface area contributed by atoms with E-state index in [2.05, 4.69) is 5.11 Å². The minimum Gasteiger partial charge on any atom is -0.711 e. The van der Waals surface area contributed by atoms with Crippen molar-refractivity contribution in [3.8, 4) is 0 Å². The molecule has 5 nitrogen and oxygen atoms in total. The van der Waals surface area contributed by atoms with Gasteiger partial charge in [0.2, 0.25) is 0 Å². The van der Waals surface area contributed by atoms with E-state index in [-0.39, 0.29) is 13.0 Å². The van der Waals surface area contributed by atoms with Crippen LogP contribution >= 0.6 is 0 Å². The zero-order valence-electron chi connectivity index (χ0n) is 4.69. The van der Waals surface area contributed by atoms with Crippen LogP contribution in [0.25, 0.3) is 5.53 Å². The Balaban J connectivity index is 3.68. The number of hydrogen-bond donors (Lipinski definition) is 2. The zero-order chi connectivity index (χ0) is 7.28. The number of aliphatic carboxylic acids is 1. The van der Waals surface area contributed by atoms with Crippen LogP contribution in [0.5, 0.6) is 0 Å². The second-order valence-corrected chi connectivity index (χ2v) is 1.48. The molecule has 0 bridgehead atoms. The molecule has 0 unspecified atom stereocenters. The van der Waals surface area contributed by atoms with Gasteiger partial charge < -0.3 is 20.9 Å². The number of rotatable bonds is 4. The lowest BCUT2D eigenvalue weighted by atomic mass is 10.2.